The number of nitrogens with one attached hydrogen (secondary N) is 1. The monoisotopic (exact) mass is 224 g/mol. The van der Waals surface area contributed by atoms with Crippen LogP contribution in [0.3, 0.4) is 0 Å². The maximum atomic E-state index is 12.3. The minimum absolute atomic E-state index is 0.107. The first-order valence-electron chi connectivity index (χ1n) is 3.70. The minimum atomic E-state index is -4.41. The number of rotatable bonds is 1. The van der Waals surface area contributed by atoms with Crippen LogP contribution in [0, 0.1) is 0 Å². The number of benzene rings is 1. The Morgan fingerprint density at radius 2 is 1.93 bits per heavy atom. The van der Waals surface area contributed by atoms with E-state index in [9.17, 15) is 13.2 Å². The molecule has 0 radical (unpaired) electrons. The van der Waals surface area contributed by atoms with Gasteiger partial charge in [0.2, 0.25) is 0 Å². The van der Waals surface area contributed by atoms with Crippen LogP contribution in [0.25, 0.3) is 0 Å². The highest BCUT2D eigenvalue weighted by molar-refractivity contribution is 6.33. The van der Waals surface area contributed by atoms with Crippen molar-refractivity contribution >= 4 is 23.0 Å². The molecule has 78 valence electrons. The third-order valence-corrected chi connectivity index (χ3v) is 2.04. The van der Waals surface area contributed by atoms with Gasteiger partial charge in [-0.1, -0.05) is 11.6 Å². The molecule has 0 atom stereocenters. The lowest BCUT2D eigenvalue weighted by Crippen LogP contribution is -2.07. The molecule has 1 aromatic rings. The van der Waals surface area contributed by atoms with Gasteiger partial charge in [-0.25, -0.2) is 0 Å². The highest BCUT2D eigenvalue weighted by atomic mass is 35.5. The highest BCUT2D eigenvalue weighted by Gasteiger charge is 2.31. The van der Waals surface area contributed by atoms with Crippen molar-refractivity contribution in [2.24, 2.45) is 0 Å². The van der Waals surface area contributed by atoms with Crippen LogP contribution in [0.4, 0.5) is 24.5 Å². The summed E-state index contributed by atoms with van der Waals surface area (Å²) < 4.78 is 36.9. The maximum absolute atomic E-state index is 12.3. The van der Waals surface area contributed by atoms with Gasteiger partial charge < -0.3 is 11.1 Å². The number of halogens is 4. The van der Waals surface area contributed by atoms with E-state index in [1.807, 2.05) is 0 Å². The molecule has 0 bridgehead atoms. The molecule has 3 N–H and O–H groups in total. The van der Waals surface area contributed by atoms with Crippen LogP contribution in [0.2, 0.25) is 5.02 Å². The second kappa shape index (κ2) is 3.57. The van der Waals surface area contributed by atoms with Crippen molar-refractivity contribution in [3.05, 3.63) is 22.7 Å². The van der Waals surface area contributed by atoms with Gasteiger partial charge in [-0.2, -0.15) is 13.2 Å². The summed E-state index contributed by atoms with van der Waals surface area (Å²) in [5.74, 6) is 0. The molecule has 0 unspecified atom stereocenters. The third-order valence-electron chi connectivity index (χ3n) is 1.73. The van der Waals surface area contributed by atoms with Crippen LogP contribution >= 0.6 is 11.6 Å². The standard InChI is InChI=1S/C8H8ClF3N2/c1-14-6-3-4(8(10,11)12)2-5(9)7(6)13/h2-3,14H,13H2,1H3. The van der Waals surface area contributed by atoms with E-state index in [-0.39, 0.29) is 16.4 Å². The smallest absolute Gasteiger partial charge is 0.396 e. The molecule has 0 aromatic heterocycles. The van der Waals surface area contributed by atoms with E-state index in [2.05, 4.69) is 5.32 Å². The van der Waals surface area contributed by atoms with E-state index >= 15 is 0 Å². The molecule has 0 fully saturated rings. The van der Waals surface area contributed by atoms with E-state index in [0.29, 0.717) is 0 Å². The van der Waals surface area contributed by atoms with Crippen LogP contribution in [0.1, 0.15) is 5.56 Å². The van der Waals surface area contributed by atoms with Crippen LogP contribution in [-0.2, 0) is 6.18 Å². The largest absolute Gasteiger partial charge is 0.416 e. The molecule has 2 nitrogen and oxygen atoms in total. The van der Waals surface area contributed by atoms with Crippen molar-refractivity contribution in [1.29, 1.82) is 0 Å². The Morgan fingerprint density at radius 3 is 2.36 bits per heavy atom. The van der Waals surface area contributed by atoms with Crippen molar-refractivity contribution in [3.63, 3.8) is 0 Å². The van der Waals surface area contributed by atoms with Gasteiger partial charge >= 0.3 is 6.18 Å². The molecule has 6 heteroatoms. The Bertz CT molecular complexity index is 349. The number of anilines is 2. The lowest BCUT2D eigenvalue weighted by Gasteiger charge is -2.12. The van der Waals surface area contributed by atoms with Crippen molar-refractivity contribution in [2.45, 2.75) is 6.18 Å². The molecule has 14 heavy (non-hydrogen) atoms. The molecule has 0 aliphatic heterocycles. The quantitative estimate of drug-likeness (QED) is 0.720. The zero-order chi connectivity index (χ0) is 10.9. The topological polar surface area (TPSA) is 38.0 Å². The second-order valence-electron chi connectivity index (χ2n) is 2.67. The van der Waals surface area contributed by atoms with Gasteiger partial charge in [-0.05, 0) is 12.1 Å². The van der Waals surface area contributed by atoms with E-state index in [0.717, 1.165) is 12.1 Å². The number of nitrogens with two attached hydrogens (primary N) is 1. The van der Waals surface area contributed by atoms with Crippen molar-refractivity contribution < 1.29 is 13.2 Å². The summed E-state index contributed by atoms with van der Waals surface area (Å²) in [5.41, 5.74) is 4.91. The molecular weight excluding hydrogens is 217 g/mol. The van der Waals surface area contributed by atoms with Crippen molar-refractivity contribution in [1.82, 2.24) is 0 Å². The lowest BCUT2D eigenvalue weighted by atomic mass is 10.1. The molecule has 0 amide bonds. The van der Waals surface area contributed by atoms with Gasteiger partial charge in [0, 0.05) is 7.05 Å². The molecule has 0 aliphatic rings. The Hall–Kier alpha value is -1.10. The average molecular weight is 225 g/mol. The lowest BCUT2D eigenvalue weighted by molar-refractivity contribution is -0.137. The van der Waals surface area contributed by atoms with Crippen molar-refractivity contribution in [3.8, 4) is 0 Å². The SMILES string of the molecule is CNc1cc(C(F)(F)F)cc(Cl)c1N. The predicted octanol–water partition coefficient (Wildman–Crippen LogP) is 2.98. The first kappa shape index (κ1) is 11.0. The summed E-state index contributed by atoms with van der Waals surface area (Å²) in [5, 5.41) is 2.43. The zero-order valence-electron chi connectivity index (χ0n) is 7.24. The second-order valence-corrected chi connectivity index (χ2v) is 3.07. The maximum Gasteiger partial charge on any atom is 0.416 e. The average Bonchev–Trinajstić information content (AvgIpc) is 2.07. The predicted molar refractivity (Wildman–Crippen MR) is 50.4 cm³/mol. The molecule has 1 aromatic carbocycles. The Labute approximate surface area is 83.9 Å². The number of alkyl halides is 3. The van der Waals surface area contributed by atoms with Gasteiger partial charge in [0.25, 0.3) is 0 Å². The summed E-state index contributed by atoms with van der Waals surface area (Å²) in [6.45, 7) is 0. The van der Waals surface area contributed by atoms with E-state index in [4.69, 9.17) is 17.3 Å². The normalized spacial score (nSPS) is 11.5. The Morgan fingerprint density at radius 1 is 1.36 bits per heavy atom. The first-order chi connectivity index (χ1) is 6.36. The summed E-state index contributed by atoms with van der Waals surface area (Å²) in [6.07, 6.45) is -4.41. The summed E-state index contributed by atoms with van der Waals surface area (Å²) in [7, 11) is 1.47. The molecule has 0 saturated heterocycles. The molecule has 0 heterocycles. The molecule has 0 aliphatic carbocycles. The minimum Gasteiger partial charge on any atom is -0.396 e. The van der Waals surface area contributed by atoms with Crippen LogP contribution in [0.5, 0.6) is 0 Å². The highest BCUT2D eigenvalue weighted by Crippen LogP contribution is 2.36. The molecular formula is C8H8ClF3N2. The van der Waals surface area contributed by atoms with Crippen LogP contribution in [-0.4, -0.2) is 7.05 Å². The Kier molecular flexibility index (Phi) is 2.80. The number of hydrogen-bond donors (Lipinski definition) is 2. The molecule has 1 rings (SSSR count). The van der Waals surface area contributed by atoms with Crippen LogP contribution in [0.15, 0.2) is 12.1 Å². The Balaban J connectivity index is 3.30. The summed E-state index contributed by atoms with van der Waals surface area (Å²) >= 11 is 5.54. The fourth-order valence-corrected chi connectivity index (χ4v) is 1.21. The fraction of sp³-hybridized carbons (Fsp3) is 0.250. The third kappa shape index (κ3) is 2.04. The van der Waals surface area contributed by atoms with Crippen molar-refractivity contribution in [2.75, 3.05) is 18.1 Å². The van der Waals surface area contributed by atoms with E-state index in [1.54, 1.807) is 0 Å². The number of nitrogen functional groups attached to an aromatic ring is 1. The van der Waals surface area contributed by atoms with Gasteiger partial charge in [0.15, 0.2) is 0 Å². The van der Waals surface area contributed by atoms with Gasteiger partial charge in [0.05, 0.1) is 22.0 Å². The first-order valence-corrected chi connectivity index (χ1v) is 4.08. The summed E-state index contributed by atoms with van der Waals surface area (Å²) in [4.78, 5) is 0. The van der Waals surface area contributed by atoms with Crippen LogP contribution < -0.4 is 11.1 Å². The van der Waals surface area contributed by atoms with E-state index in [1.165, 1.54) is 7.05 Å². The number of hydrogen-bond acceptors (Lipinski definition) is 2. The fourth-order valence-electron chi connectivity index (χ4n) is 0.988. The molecule has 0 saturated carbocycles. The van der Waals surface area contributed by atoms with Gasteiger partial charge in [0.1, 0.15) is 0 Å². The van der Waals surface area contributed by atoms with E-state index < -0.39 is 11.7 Å². The molecule has 0 spiro atoms. The summed E-state index contributed by atoms with van der Waals surface area (Å²) in [6, 6.07) is 1.72. The van der Waals surface area contributed by atoms with Gasteiger partial charge in [-0.3, -0.25) is 0 Å². The zero-order valence-corrected chi connectivity index (χ0v) is 8.00. The van der Waals surface area contributed by atoms with Gasteiger partial charge in [-0.15, -0.1) is 0 Å².